The van der Waals surface area contributed by atoms with Crippen molar-refractivity contribution in [2.24, 2.45) is 50.7 Å². The van der Waals surface area contributed by atoms with Crippen LogP contribution in [0.2, 0.25) is 0 Å². The van der Waals surface area contributed by atoms with Crippen LogP contribution in [0.4, 0.5) is 0 Å². The highest BCUT2D eigenvalue weighted by atomic mass is 16.3. The summed E-state index contributed by atoms with van der Waals surface area (Å²) in [7, 11) is 0. The lowest BCUT2D eigenvalue weighted by Crippen LogP contribution is -2.67. The van der Waals surface area contributed by atoms with Gasteiger partial charge >= 0.3 is 0 Å². The first kappa shape index (κ1) is 24.3. The maximum Gasteiger partial charge on any atom is 0.0715 e. The van der Waals surface area contributed by atoms with E-state index >= 15 is 0 Å². The Morgan fingerprint density at radius 1 is 0.879 bits per heavy atom. The molecule has 4 saturated carbocycles. The van der Waals surface area contributed by atoms with Gasteiger partial charge in [0.15, 0.2) is 0 Å². The molecule has 0 unspecified atom stereocenters. The average Bonchev–Trinajstić information content (AvgIpc) is 2.75. The van der Waals surface area contributed by atoms with Gasteiger partial charge in [-0.2, -0.15) is 0 Å². The summed E-state index contributed by atoms with van der Waals surface area (Å²) in [6.07, 6.45) is 12.2. The molecule has 0 spiro atoms. The van der Waals surface area contributed by atoms with Gasteiger partial charge in [-0.05, 0) is 104 Å². The Hall–Kier alpha value is -0.380. The first-order valence-corrected chi connectivity index (χ1v) is 13.9. The molecule has 0 amide bonds. The van der Waals surface area contributed by atoms with Crippen molar-refractivity contribution in [3.8, 4) is 0 Å². The van der Waals surface area contributed by atoms with Gasteiger partial charge in [0.05, 0.1) is 18.3 Å². The summed E-state index contributed by atoms with van der Waals surface area (Å²) in [5.41, 5.74) is 1.19. The Morgan fingerprint density at radius 2 is 1.58 bits per heavy atom. The fourth-order valence-corrected chi connectivity index (χ4v) is 10.9. The maximum absolute atomic E-state index is 11.9. The summed E-state index contributed by atoms with van der Waals surface area (Å²) >= 11 is 0. The molecule has 3 nitrogen and oxygen atoms in total. The SMILES string of the molecule is C[C@@H]1CC[C@]2(C)CC[C@]3(C)C(=CC[C@@H]4[C@@]5(C)CC[C@H](O)[C@@](C)(CO)[C@@H]5CC[C@]43C)[C@@H]2[C@]1(C)O. The first-order chi connectivity index (χ1) is 15.2. The topological polar surface area (TPSA) is 60.7 Å². The highest BCUT2D eigenvalue weighted by Gasteiger charge is 2.69. The van der Waals surface area contributed by atoms with Crippen molar-refractivity contribution in [1.29, 1.82) is 0 Å². The molecule has 3 heteroatoms. The van der Waals surface area contributed by atoms with Crippen LogP contribution in [0.15, 0.2) is 11.6 Å². The van der Waals surface area contributed by atoms with E-state index in [1.807, 2.05) is 0 Å². The van der Waals surface area contributed by atoms with Gasteiger partial charge in [-0.25, -0.2) is 0 Å². The van der Waals surface area contributed by atoms with Crippen LogP contribution in [0, 0.1) is 50.7 Å². The van der Waals surface area contributed by atoms with E-state index in [1.165, 1.54) is 19.3 Å². The molecule has 0 aromatic carbocycles. The molecule has 5 aliphatic rings. The van der Waals surface area contributed by atoms with Crippen LogP contribution in [0.25, 0.3) is 0 Å². The van der Waals surface area contributed by atoms with Crippen molar-refractivity contribution in [2.75, 3.05) is 6.61 Å². The number of hydrogen-bond donors (Lipinski definition) is 3. The van der Waals surface area contributed by atoms with Gasteiger partial charge in [-0.1, -0.05) is 53.2 Å². The molecule has 3 N–H and O–H groups in total. The Kier molecular flexibility index (Phi) is 5.23. The monoisotopic (exact) mass is 458 g/mol. The molecule has 5 rings (SSSR count). The minimum Gasteiger partial charge on any atom is -0.396 e. The van der Waals surface area contributed by atoms with Crippen molar-refractivity contribution in [3.05, 3.63) is 11.6 Å². The predicted octanol–water partition coefficient (Wildman–Crippen LogP) is 6.11. The molecule has 0 bridgehead atoms. The van der Waals surface area contributed by atoms with E-state index in [9.17, 15) is 15.3 Å². The molecule has 188 valence electrons. The summed E-state index contributed by atoms with van der Waals surface area (Å²) < 4.78 is 0. The lowest BCUT2D eigenvalue weighted by molar-refractivity contribution is -0.222. The van der Waals surface area contributed by atoms with Gasteiger partial charge in [0, 0.05) is 11.3 Å². The molecule has 0 saturated heterocycles. The number of fused-ring (bicyclic) bond motifs is 7. The first-order valence-electron chi connectivity index (χ1n) is 13.9. The Bertz CT molecular complexity index is 843. The molecule has 0 aliphatic heterocycles. The van der Waals surface area contributed by atoms with E-state index in [-0.39, 0.29) is 34.2 Å². The van der Waals surface area contributed by atoms with Crippen LogP contribution >= 0.6 is 0 Å². The third-order valence-corrected chi connectivity index (χ3v) is 13.6. The van der Waals surface area contributed by atoms with Crippen LogP contribution in [-0.2, 0) is 0 Å². The fourth-order valence-electron chi connectivity index (χ4n) is 10.9. The number of rotatable bonds is 1. The molecule has 33 heavy (non-hydrogen) atoms. The van der Waals surface area contributed by atoms with E-state index in [1.54, 1.807) is 5.57 Å². The summed E-state index contributed by atoms with van der Waals surface area (Å²) in [6.45, 7) is 16.7. The second kappa shape index (κ2) is 7.10. The lowest BCUT2D eigenvalue weighted by atomic mass is 9.33. The van der Waals surface area contributed by atoms with Crippen molar-refractivity contribution in [1.82, 2.24) is 0 Å². The van der Waals surface area contributed by atoms with E-state index in [0.717, 1.165) is 38.5 Å². The average molecular weight is 459 g/mol. The molecule has 11 atom stereocenters. The smallest absolute Gasteiger partial charge is 0.0715 e. The largest absolute Gasteiger partial charge is 0.396 e. The zero-order valence-corrected chi connectivity index (χ0v) is 22.4. The summed E-state index contributed by atoms with van der Waals surface area (Å²) in [5.74, 6) is 1.52. The second-order valence-corrected chi connectivity index (χ2v) is 14.8. The van der Waals surface area contributed by atoms with Gasteiger partial charge in [-0.15, -0.1) is 0 Å². The standard InChI is InChI=1S/C30H50O3/c1-19-10-13-25(2)16-17-28(5)20(24(25)30(19,7)33)8-9-22-26(3)14-12-23(32)27(4,18-31)21(26)11-15-29(22,28)6/h8,19,21-24,31-33H,9-18H2,1-7H3/t19-,21-,22-,23+,24+,25-,26+,27+,28-,29-,30-/m1/s1. The summed E-state index contributed by atoms with van der Waals surface area (Å²) in [6, 6.07) is 0. The highest BCUT2D eigenvalue weighted by molar-refractivity contribution is 5.35. The van der Waals surface area contributed by atoms with Crippen molar-refractivity contribution in [2.45, 2.75) is 118 Å². The van der Waals surface area contributed by atoms with Gasteiger partial charge in [0.1, 0.15) is 0 Å². The van der Waals surface area contributed by atoms with E-state index < -0.39 is 17.1 Å². The molecule has 5 aliphatic carbocycles. The summed E-state index contributed by atoms with van der Waals surface area (Å²) in [4.78, 5) is 0. The van der Waals surface area contributed by atoms with Gasteiger partial charge in [-0.3, -0.25) is 0 Å². The Morgan fingerprint density at radius 3 is 2.24 bits per heavy atom. The Balaban J connectivity index is 1.61. The maximum atomic E-state index is 11.9. The number of aliphatic hydroxyl groups is 3. The van der Waals surface area contributed by atoms with Gasteiger partial charge in [0.2, 0.25) is 0 Å². The minimum absolute atomic E-state index is 0.0808. The predicted molar refractivity (Wildman–Crippen MR) is 134 cm³/mol. The number of allylic oxidation sites excluding steroid dienone is 1. The van der Waals surface area contributed by atoms with E-state index in [4.69, 9.17) is 0 Å². The van der Waals surface area contributed by atoms with Gasteiger partial charge < -0.3 is 15.3 Å². The number of hydrogen-bond acceptors (Lipinski definition) is 3. The van der Waals surface area contributed by atoms with Crippen LogP contribution in [0.5, 0.6) is 0 Å². The molecular formula is C30H50O3. The van der Waals surface area contributed by atoms with Crippen LogP contribution in [0.1, 0.15) is 106 Å². The lowest BCUT2D eigenvalue weighted by Gasteiger charge is -2.72. The van der Waals surface area contributed by atoms with E-state index in [2.05, 4.69) is 54.5 Å². The van der Waals surface area contributed by atoms with Crippen molar-refractivity contribution in [3.63, 3.8) is 0 Å². The third-order valence-electron chi connectivity index (χ3n) is 13.6. The Labute approximate surface area is 202 Å². The minimum atomic E-state index is -0.644. The molecule has 0 radical (unpaired) electrons. The quantitative estimate of drug-likeness (QED) is 0.415. The molecule has 0 heterocycles. The normalized spacial score (nSPS) is 60.7. The fraction of sp³-hybridized carbons (Fsp3) is 0.933. The van der Waals surface area contributed by atoms with E-state index in [0.29, 0.717) is 17.8 Å². The highest BCUT2D eigenvalue weighted by Crippen LogP contribution is 2.75. The van der Waals surface area contributed by atoms with Crippen molar-refractivity contribution < 1.29 is 15.3 Å². The molecule has 0 aromatic heterocycles. The summed E-state index contributed by atoms with van der Waals surface area (Å²) in [5, 5.41) is 33.2. The molecular weight excluding hydrogens is 408 g/mol. The third kappa shape index (κ3) is 2.80. The van der Waals surface area contributed by atoms with Crippen LogP contribution in [-0.4, -0.2) is 33.6 Å². The zero-order valence-electron chi connectivity index (χ0n) is 22.4. The molecule has 4 fully saturated rings. The number of aliphatic hydroxyl groups excluding tert-OH is 2. The zero-order chi connectivity index (χ0) is 24.2. The van der Waals surface area contributed by atoms with Crippen LogP contribution < -0.4 is 0 Å². The van der Waals surface area contributed by atoms with Crippen molar-refractivity contribution >= 4 is 0 Å². The van der Waals surface area contributed by atoms with Gasteiger partial charge in [0.25, 0.3) is 0 Å². The van der Waals surface area contributed by atoms with Crippen LogP contribution in [0.3, 0.4) is 0 Å². The second-order valence-electron chi connectivity index (χ2n) is 14.8. The molecule has 0 aromatic rings.